The van der Waals surface area contributed by atoms with Crippen LogP contribution in [0.3, 0.4) is 0 Å². The number of benzene rings is 2. The Balaban J connectivity index is 1.62. The highest BCUT2D eigenvalue weighted by Gasteiger charge is 2.26. The summed E-state index contributed by atoms with van der Waals surface area (Å²) in [7, 11) is 0. The molecule has 1 N–H and O–H groups in total. The van der Waals surface area contributed by atoms with Crippen LogP contribution in [-0.2, 0) is 0 Å². The molecule has 1 aliphatic heterocycles. The fourth-order valence-electron chi connectivity index (χ4n) is 3.19. The standard InChI is InChI=1S/C20H25N3O/c1-15-7-9-19(10-8-15)23-12-11-22(14-17(23)3)20(24)21-18-6-4-5-16(2)13-18/h4-10,13,17H,11-12,14H2,1-3H3,(H,21,24)/t17-/m1/s1. The largest absolute Gasteiger partial charge is 0.365 e. The predicted molar refractivity (Wildman–Crippen MR) is 99.8 cm³/mol. The van der Waals surface area contributed by atoms with Crippen molar-refractivity contribution in [2.75, 3.05) is 29.9 Å². The van der Waals surface area contributed by atoms with E-state index in [2.05, 4.69) is 48.3 Å². The Morgan fingerprint density at radius 2 is 1.79 bits per heavy atom. The number of hydrogen-bond acceptors (Lipinski definition) is 2. The van der Waals surface area contributed by atoms with Gasteiger partial charge in [-0.1, -0.05) is 29.8 Å². The zero-order valence-corrected chi connectivity index (χ0v) is 14.6. The van der Waals surface area contributed by atoms with Gasteiger partial charge in [0.2, 0.25) is 0 Å². The molecule has 0 aromatic heterocycles. The van der Waals surface area contributed by atoms with E-state index in [9.17, 15) is 4.79 Å². The quantitative estimate of drug-likeness (QED) is 0.905. The van der Waals surface area contributed by atoms with Crippen molar-refractivity contribution in [3.8, 4) is 0 Å². The summed E-state index contributed by atoms with van der Waals surface area (Å²) in [5.74, 6) is 0. The lowest BCUT2D eigenvalue weighted by molar-refractivity contribution is 0.200. The first kappa shape index (κ1) is 16.4. The Morgan fingerprint density at radius 1 is 1.04 bits per heavy atom. The van der Waals surface area contributed by atoms with Gasteiger partial charge in [-0.2, -0.15) is 0 Å². The van der Waals surface area contributed by atoms with E-state index in [1.807, 2.05) is 36.1 Å². The van der Waals surface area contributed by atoms with Crippen LogP contribution >= 0.6 is 0 Å². The Labute approximate surface area is 144 Å². The lowest BCUT2D eigenvalue weighted by Gasteiger charge is -2.41. The van der Waals surface area contributed by atoms with Crippen molar-refractivity contribution in [2.45, 2.75) is 26.8 Å². The summed E-state index contributed by atoms with van der Waals surface area (Å²) in [5, 5.41) is 3.00. The molecule has 1 heterocycles. The van der Waals surface area contributed by atoms with Crippen LogP contribution in [0.2, 0.25) is 0 Å². The average molecular weight is 323 g/mol. The number of aryl methyl sites for hydroxylation is 2. The maximum Gasteiger partial charge on any atom is 0.321 e. The van der Waals surface area contributed by atoms with Gasteiger partial charge in [-0.05, 0) is 50.6 Å². The molecule has 0 spiro atoms. The molecule has 1 fully saturated rings. The minimum atomic E-state index is -0.0176. The highest BCUT2D eigenvalue weighted by Crippen LogP contribution is 2.21. The van der Waals surface area contributed by atoms with Gasteiger partial charge < -0.3 is 15.1 Å². The molecule has 1 saturated heterocycles. The van der Waals surface area contributed by atoms with Crippen LogP contribution in [0.5, 0.6) is 0 Å². The van der Waals surface area contributed by atoms with Gasteiger partial charge in [0.25, 0.3) is 0 Å². The van der Waals surface area contributed by atoms with Gasteiger partial charge in [0, 0.05) is 37.1 Å². The van der Waals surface area contributed by atoms with Gasteiger partial charge in [0.15, 0.2) is 0 Å². The molecule has 0 saturated carbocycles. The van der Waals surface area contributed by atoms with Crippen molar-refractivity contribution in [3.63, 3.8) is 0 Å². The minimum absolute atomic E-state index is 0.0176. The third-order valence-electron chi connectivity index (χ3n) is 4.55. The summed E-state index contributed by atoms with van der Waals surface area (Å²) in [6, 6.07) is 16.8. The molecule has 0 bridgehead atoms. The zero-order valence-electron chi connectivity index (χ0n) is 14.6. The van der Waals surface area contributed by atoms with Crippen molar-refractivity contribution >= 4 is 17.4 Å². The second-order valence-corrected chi connectivity index (χ2v) is 6.62. The van der Waals surface area contributed by atoms with E-state index in [1.165, 1.54) is 11.3 Å². The smallest absolute Gasteiger partial charge is 0.321 e. The Morgan fingerprint density at radius 3 is 2.46 bits per heavy atom. The third-order valence-corrected chi connectivity index (χ3v) is 4.55. The normalized spacial score (nSPS) is 17.7. The lowest BCUT2D eigenvalue weighted by Crippen LogP contribution is -2.54. The summed E-state index contributed by atoms with van der Waals surface area (Å²) in [6.45, 7) is 8.61. The molecule has 24 heavy (non-hydrogen) atoms. The molecular weight excluding hydrogens is 298 g/mol. The number of anilines is 2. The van der Waals surface area contributed by atoms with Gasteiger partial charge in [-0.25, -0.2) is 4.79 Å². The van der Waals surface area contributed by atoms with E-state index in [1.54, 1.807) is 0 Å². The molecule has 4 heteroatoms. The number of carbonyl (C=O) groups is 1. The summed E-state index contributed by atoms with van der Waals surface area (Å²) in [6.07, 6.45) is 0. The minimum Gasteiger partial charge on any atom is -0.365 e. The summed E-state index contributed by atoms with van der Waals surface area (Å²) in [5.41, 5.74) is 4.49. The number of piperazine rings is 1. The van der Waals surface area contributed by atoms with E-state index >= 15 is 0 Å². The Bertz CT molecular complexity index is 711. The van der Waals surface area contributed by atoms with Crippen LogP contribution in [0.4, 0.5) is 16.2 Å². The van der Waals surface area contributed by atoms with Crippen molar-refractivity contribution in [1.82, 2.24) is 4.90 Å². The molecule has 0 unspecified atom stereocenters. The van der Waals surface area contributed by atoms with Crippen LogP contribution in [0.25, 0.3) is 0 Å². The van der Waals surface area contributed by atoms with E-state index < -0.39 is 0 Å². The van der Waals surface area contributed by atoms with Gasteiger partial charge in [-0.3, -0.25) is 0 Å². The number of urea groups is 1. The molecule has 2 aromatic rings. The zero-order chi connectivity index (χ0) is 17.1. The van der Waals surface area contributed by atoms with Crippen LogP contribution < -0.4 is 10.2 Å². The fourth-order valence-corrected chi connectivity index (χ4v) is 3.19. The molecule has 0 radical (unpaired) electrons. The number of nitrogens with zero attached hydrogens (tertiary/aromatic N) is 2. The first-order valence-electron chi connectivity index (χ1n) is 8.49. The average Bonchev–Trinajstić information content (AvgIpc) is 2.56. The molecule has 0 aliphatic carbocycles. The highest BCUT2D eigenvalue weighted by molar-refractivity contribution is 5.89. The van der Waals surface area contributed by atoms with Crippen LogP contribution in [0.1, 0.15) is 18.1 Å². The van der Waals surface area contributed by atoms with Crippen LogP contribution in [0, 0.1) is 13.8 Å². The number of hydrogen-bond donors (Lipinski definition) is 1. The lowest BCUT2D eigenvalue weighted by atomic mass is 10.1. The number of amides is 2. The van der Waals surface area contributed by atoms with E-state index in [0.29, 0.717) is 6.04 Å². The van der Waals surface area contributed by atoms with Gasteiger partial charge in [0.05, 0.1) is 0 Å². The fraction of sp³-hybridized carbons (Fsp3) is 0.350. The second kappa shape index (κ2) is 6.95. The van der Waals surface area contributed by atoms with Crippen molar-refractivity contribution < 1.29 is 4.79 Å². The van der Waals surface area contributed by atoms with Gasteiger partial charge in [0.1, 0.15) is 0 Å². The molecular formula is C20H25N3O. The SMILES string of the molecule is Cc1ccc(N2CCN(C(=O)Nc3cccc(C)c3)C[C@H]2C)cc1. The number of rotatable bonds is 2. The molecule has 1 aliphatic rings. The molecule has 4 nitrogen and oxygen atoms in total. The van der Waals surface area contributed by atoms with Crippen molar-refractivity contribution in [1.29, 1.82) is 0 Å². The van der Waals surface area contributed by atoms with E-state index in [0.717, 1.165) is 30.9 Å². The first-order valence-corrected chi connectivity index (χ1v) is 8.49. The molecule has 2 amide bonds. The predicted octanol–water partition coefficient (Wildman–Crippen LogP) is 4.05. The first-order chi connectivity index (χ1) is 11.5. The van der Waals surface area contributed by atoms with Crippen LogP contribution in [-0.4, -0.2) is 36.6 Å². The van der Waals surface area contributed by atoms with Gasteiger partial charge >= 0.3 is 6.03 Å². The maximum absolute atomic E-state index is 12.5. The van der Waals surface area contributed by atoms with Gasteiger partial charge in [-0.15, -0.1) is 0 Å². The molecule has 126 valence electrons. The highest BCUT2D eigenvalue weighted by atomic mass is 16.2. The molecule has 1 atom stereocenters. The maximum atomic E-state index is 12.5. The summed E-state index contributed by atoms with van der Waals surface area (Å²) in [4.78, 5) is 16.8. The topological polar surface area (TPSA) is 35.6 Å². The number of carbonyl (C=O) groups excluding carboxylic acids is 1. The Kier molecular flexibility index (Phi) is 4.74. The van der Waals surface area contributed by atoms with E-state index in [-0.39, 0.29) is 6.03 Å². The van der Waals surface area contributed by atoms with Crippen LogP contribution in [0.15, 0.2) is 48.5 Å². The van der Waals surface area contributed by atoms with Crippen molar-refractivity contribution in [3.05, 3.63) is 59.7 Å². The summed E-state index contributed by atoms with van der Waals surface area (Å²) < 4.78 is 0. The van der Waals surface area contributed by atoms with E-state index in [4.69, 9.17) is 0 Å². The number of nitrogens with one attached hydrogen (secondary N) is 1. The third kappa shape index (κ3) is 3.70. The van der Waals surface area contributed by atoms with Crippen molar-refractivity contribution in [2.24, 2.45) is 0 Å². The molecule has 3 rings (SSSR count). The Hall–Kier alpha value is -2.49. The monoisotopic (exact) mass is 323 g/mol. The molecule has 2 aromatic carbocycles. The summed E-state index contributed by atoms with van der Waals surface area (Å²) >= 11 is 0. The second-order valence-electron chi connectivity index (χ2n) is 6.62.